The molecule has 6 heteroatoms. The van der Waals surface area contributed by atoms with E-state index in [2.05, 4.69) is 0 Å². The van der Waals surface area contributed by atoms with Gasteiger partial charge in [-0.3, -0.25) is 4.79 Å². The van der Waals surface area contributed by atoms with Crippen LogP contribution in [0.1, 0.15) is 12.8 Å². The van der Waals surface area contributed by atoms with Gasteiger partial charge < -0.3 is 10.0 Å². The molecule has 0 unspecified atom stereocenters. The van der Waals surface area contributed by atoms with Crippen LogP contribution in [0.15, 0.2) is 30.3 Å². The minimum atomic E-state index is -4.31. The van der Waals surface area contributed by atoms with Crippen LogP contribution in [0.25, 0.3) is 0 Å². The van der Waals surface area contributed by atoms with Crippen molar-refractivity contribution in [1.29, 1.82) is 0 Å². The van der Waals surface area contributed by atoms with Gasteiger partial charge in [0.2, 0.25) is 0 Å². The standard InChI is InChI=1S/C12H14F3NO2/c13-12(14,15)9-16(8-4-7-11(17)18)10-5-2-1-3-6-10/h1-3,5-6H,4,7-9H2,(H,17,18). The Labute approximate surface area is 103 Å². The van der Waals surface area contributed by atoms with E-state index in [1.165, 1.54) is 0 Å². The zero-order chi connectivity index (χ0) is 13.6. The van der Waals surface area contributed by atoms with Gasteiger partial charge in [-0.05, 0) is 18.6 Å². The lowest BCUT2D eigenvalue weighted by atomic mass is 10.2. The number of carbonyl (C=O) groups is 1. The summed E-state index contributed by atoms with van der Waals surface area (Å²) in [7, 11) is 0. The van der Waals surface area contributed by atoms with Crippen molar-refractivity contribution < 1.29 is 23.1 Å². The van der Waals surface area contributed by atoms with Crippen LogP contribution < -0.4 is 4.90 Å². The van der Waals surface area contributed by atoms with E-state index < -0.39 is 18.7 Å². The minimum Gasteiger partial charge on any atom is -0.481 e. The third-order valence-corrected chi connectivity index (χ3v) is 2.31. The first-order valence-electron chi connectivity index (χ1n) is 5.47. The van der Waals surface area contributed by atoms with Crippen LogP contribution in [0.2, 0.25) is 0 Å². The van der Waals surface area contributed by atoms with Gasteiger partial charge in [0.15, 0.2) is 0 Å². The van der Waals surface area contributed by atoms with Crippen molar-refractivity contribution in [2.24, 2.45) is 0 Å². The number of hydrogen-bond acceptors (Lipinski definition) is 2. The highest BCUT2D eigenvalue weighted by Crippen LogP contribution is 2.22. The predicted octanol–water partition coefficient (Wildman–Crippen LogP) is 2.92. The summed E-state index contributed by atoms with van der Waals surface area (Å²) in [6, 6.07) is 8.16. The molecule has 0 atom stereocenters. The van der Waals surface area contributed by atoms with Crippen LogP contribution in [-0.2, 0) is 4.79 Å². The first-order valence-corrected chi connectivity index (χ1v) is 5.47. The second kappa shape index (κ2) is 6.28. The fourth-order valence-electron chi connectivity index (χ4n) is 1.58. The van der Waals surface area contributed by atoms with Crippen LogP contribution in [0, 0.1) is 0 Å². The van der Waals surface area contributed by atoms with E-state index in [0.29, 0.717) is 5.69 Å². The molecule has 18 heavy (non-hydrogen) atoms. The van der Waals surface area contributed by atoms with Crippen molar-refractivity contribution in [2.75, 3.05) is 18.0 Å². The zero-order valence-electron chi connectivity index (χ0n) is 9.65. The van der Waals surface area contributed by atoms with Gasteiger partial charge in [0, 0.05) is 18.7 Å². The average molecular weight is 261 g/mol. The maximum absolute atomic E-state index is 12.4. The molecular formula is C12H14F3NO2. The van der Waals surface area contributed by atoms with Crippen LogP contribution in [-0.4, -0.2) is 30.3 Å². The van der Waals surface area contributed by atoms with Gasteiger partial charge in [-0.25, -0.2) is 0 Å². The zero-order valence-corrected chi connectivity index (χ0v) is 9.65. The maximum atomic E-state index is 12.4. The predicted molar refractivity (Wildman–Crippen MR) is 61.6 cm³/mol. The van der Waals surface area contributed by atoms with Crippen molar-refractivity contribution in [3.63, 3.8) is 0 Å². The molecule has 1 aromatic rings. The normalized spacial score (nSPS) is 11.3. The minimum absolute atomic E-state index is 0.0653. The number of para-hydroxylation sites is 1. The Bertz CT molecular complexity index is 379. The highest BCUT2D eigenvalue weighted by Gasteiger charge is 2.30. The summed E-state index contributed by atoms with van der Waals surface area (Å²) in [5, 5.41) is 8.49. The number of aliphatic carboxylic acids is 1. The Morgan fingerprint density at radius 3 is 2.33 bits per heavy atom. The molecule has 0 radical (unpaired) electrons. The number of benzene rings is 1. The quantitative estimate of drug-likeness (QED) is 0.856. The topological polar surface area (TPSA) is 40.5 Å². The van der Waals surface area contributed by atoms with Crippen molar-refractivity contribution in [1.82, 2.24) is 0 Å². The Morgan fingerprint density at radius 2 is 1.83 bits per heavy atom. The Hall–Kier alpha value is -1.72. The summed E-state index contributed by atoms with van der Waals surface area (Å²) in [5.74, 6) is -1.00. The lowest BCUT2D eigenvalue weighted by Crippen LogP contribution is -2.35. The number of carboxylic acids is 1. The SMILES string of the molecule is O=C(O)CCCN(CC(F)(F)F)c1ccccc1. The lowest BCUT2D eigenvalue weighted by molar-refractivity contribution is -0.137. The van der Waals surface area contributed by atoms with Gasteiger partial charge in [-0.1, -0.05) is 18.2 Å². The first-order chi connectivity index (χ1) is 8.38. The molecular weight excluding hydrogens is 247 g/mol. The summed E-state index contributed by atoms with van der Waals surface area (Å²) in [6.45, 7) is -1.01. The number of alkyl halides is 3. The van der Waals surface area contributed by atoms with Crippen molar-refractivity contribution in [3.05, 3.63) is 30.3 Å². The molecule has 0 aliphatic carbocycles. The number of nitrogens with zero attached hydrogens (tertiary/aromatic N) is 1. The third-order valence-electron chi connectivity index (χ3n) is 2.31. The molecule has 0 aromatic heterocycles. The van der Waals surface area contributed by atoms with Crippen LogP contribution in [0.3, 0.4) is 0 Å². The highest BCUT2D eigenvalue weighted by molar-refractivity contribution is 5.66. The maximum Gasteiger partial charge on any atom is 0.405 e. The first kappa shape index (κ1) is 14.3. The molecule has 0 bridgehead atoms. The van der Waals surface area contributed by atoms with E-state index in [9.17, 15) is 18.0 Å². The molecule has 0 fully saturated rings. The van der Waals surface area contributed by atoms with E-state index in [0.717, 1.165) is 4.90 Å². The average Bonchev–Trinajstić information content (AvgIpc) is 2.27. The second-order valence-electron chi connectivity index (χ2n) is 3.87. The molecule has 0 aliphatic rings. The van der Waals surface area contributed by atoms with E-state index in [-0.39, 0.29) is 19.4 Å². The molecule has 1 N–H and O–H groups in total. The fraction of sp³-hybridized carbons (Fsp3) is 0.417. The van der Waals surface area contributed by atoms with E-state index >= 15 is 0 Å². The second-order valence-corrected chi connectivity index (χ2v) is 3.87. The van der Waals surface area contributed by atoms with E-state index in [1.54, 1.807) is 30.3 Å². The van der Waals surface area contributed by atoms with Gasteiger partial charge in [0.1, 0.15) is 6.54 Å². The molecule has 0 saturated heterocycles. The van der Waals surface area contributed by atoms with Crippen molar-refractivity contribution in [3.8, 4) is 0 Å². The molecule has 3 nitrogen and oxygen atoms in total. The van der Waals surface area contributed by atoms with Crippen molar-refractivity contribution >= 4 is 11.7 Å². The molecule has 0 heterocycles. The number of halogens is 3. The fourth-order valence-corrected chi connectivity index (χ4v) is 1.58. The number of rotatable bonds is 6. The highest BCUT2D eigenvalue weighted by atomic mass is 19.4. The molecule has 0 saturated carbocycles. The van der Waals surface area contributed by atoms with Gasteiger partial charge in [0.25, 0.3) is 0 Å². The number of carboxylic acid groups (broad SMARTS) is 1. The monoisotopic (exact) mass is 261 g/mol. The van der Waals surface area contributed by atoms with Gasteiger partial charge >= 0.3 is 12.1 Å². The van der Waals surface area contributed by atoms with Crippen LogP contribution in [0.5, 0.6) is 0 Å². The molecule has 100 valence electrons. The Balaban J connectivity index is 2.67. The van der Waals surface area contributed by atoms with E-state index in [4.69, 9.17) is 5.11 Å². The smallest absolute Gasteiger partial charge is 0.405 e. The Kier molecular flexibility index (Phi) is 5.00. The summed E-state index contributed by atoms with van der Waals surface area (Å²) < 4.78 is 37.3. The summed E-state index contributed by atoms with van der Waals surface area (Å²) in [6.07, 6.45) is -4.26. The molecule has 0 amide bonds. The molecule has 0 aliphatic heterocycles. The Morgan fingerprint density at radius 1 is 1.22 bits per heavy atom. The van der Waals surface area contributed by atoms with Gasteiger partial charge in [0.05, 0.1) is 0 Å². The molecule has 0 spiro atoms. The number of anilines is 1. The third kappa shape index (κ3) is 5.56. The summed E-state index contributed by atoms with van der Waals surface area (Å²) in [4.78, 5) is 11.5. The summed E-state index contributed by atoms with van der Waals surface area (Å²) >= 11 is 0. The summed E-state index contributed by atoms with van der Waals surface area (Å²) in [5.41, 5.74) is 0.445. The van der Waals surface area contributed by atoms with Crippen molar-refractivity contribution in [2.45, 2.75) is 19.0 Å². The largest absolute Gasteiger partial charge is 0.481 e. The lowest BCUT2D eigenvalue weighted by Gasteiger charge is -2.25. The van der Waals surface area contributed by atoms with E-state index in [1.807, 2.05) is 0 Å². The number of hydrogen-bond donors (Lipinski definition) is 1. The van der Waals surface area contributed by atoms with Gasteiger partial charge in [-0.15, -0.1) is 0 Å². The van der Waals surface area contributed by atoms with Gasteiger partial charge in [-0.2, -0.15) is 13.2 Å². The van der Waals surface area contributed by atoms with Crippen LogP contribution >= 0.6 is 0 Å². The van der Waals surface area contributed by atoms with Crippen LogP contribution in [0.4, 0.5) is 18.9 Å². The molecule has 1 rings (SSSR count). The molecule has 1 aromatic carbocycles.